The van der Waals surface area contributed by atoms with Crippen LogP contribution in [0.25, 0.3) is 28.2 Å². The highest BCUT2D eigenvalue weighted by atomic mass is 16.6. The molecule has 6 rings (SSSR count). The van der Waals surface area contributed by atoms with Crippen LogP contribution in [0.2, 0.25) is 0 Å². The van der Waals surface area contributed by atoms with Crippen LogP contribution >= 0.6 is 0 Å². The van der Waals surface area contributed by atoms with E-state index in [4.69, 9.17) is 5.73 Å². The van der Waals surface area contributed by atoms with E-state index < -0.39 is 10.8 Å². The van der Waals surface area contributed by atoms with Gasteiger partial charge in [-0.1, -0.05) is 59.8 Å². The van der Waals surface area contributed by atoms with Gasteiger partial charge in [0.25, 0.3) is 11.6 Å². The van der Waals surface area contributed by atoms with Gasteiger partial charge in [0, 0.05) is 28.8 Å². The summed E-state index contributed by atoms with van der Waals surface area (Å²) < 4.78 is 5.94. The Kier molecular flexibility index (Phi) is 5.00. The van der Waals surface area contributed by atoms with Crippen LogP contribution in [0.3, 0.4) is 0 Å². The molecular formula is C24H15N9O4. The average molecular weight is 493 g/mol. The largest absolute Gasteiger partial charge is 0.378 e. The number of nitrogens with two attached hydrogens (primary N) is 1. The zero-order valence-corrected chi connectivity index (χ0v) is 18.8. The Labute approximate surface area is 207 Å². The highest BCUT2D eigenvalue weighted by Crippen LogP contribution is 2.38. The number of non-ortho nitro benzene ring substituents is 1. The van der Waals surface area contributed by atoms with Crippen LogP contribution < -0.4 is 11.2 Å². The van der Waals surface area contributed by atoms with Gasteiger partial charge in [0.15, 0.2) is 5.69 Å². The number of nitrogens with one attached hydrogen (secondary N) is 1. The van der Waals surface area contributed by atoms with Crippen molar-refractivity contribution in [2.24, 2.45) is 5.10 Å². The highest BCUT2D eigenvalue weighted by molar-refractivity contribution is 6.25. The van der Waals surface area contributed by atoms with Gasteiger partial charge in [0.05, 0.1) is 10.6 Å². The molecule has 0 bridgehead atoms. The molecule has 0 spiro atoms. The minimum atomic E-state index is -0.663. The van der Waals surface area contributed by atoms with Gasteiger partial charge in [0.2, 0.25) is 11.6 Å². The molecule has 13 heteroatoms. The first kappa shape index (κ1) is 21.8. The number of nitro groups is 1. The number of rotatable bonds is 5. The van der Waals surface area contributed by atoms with Crippen LogP contribution in [0, 0.1) is 10.1 Å². The Morgan fingerprint density at radius 2 is 1.70 bits per heavy atom. The molecule has 2 aromatic heterocycles. The van der Waals surface area contributed by atoms with Crippen molar-refractivity contribution < 1.29 is 14.3 Å². The molecule has 1 aliphatic carbocycles. The second kappa shape index (κ2) is 8.49. The molecule has 0 saturated carbocycles. The fourth-order valence-corrected chi connectivity index (χ4v) is 4.20. The second-order valence-electron chi connectivity index (χ2n) is 7.97. The van der Waals surface area contributed by atoms with Gasteiger partial charge in [-0.3, -0.25) is 14.9 Å². The van der Waals surface area contributed by atoms with E-state index in [1.54, 1.807) is 30.3 Å². The number of carbonyl (C=O) groups excluding carboxylic acids is 1. The first-order chi connectivity index (χ1) is 18.0. The molecule has 5 aromatic rings. The maximum Gasteiger partial charge on any atom is 0.294 e. The molecule has 0 aliphatic heterocycles. The first-order valence-corrected chi connectivity index (χ1v) is 10.9. The molecule has 0 atom stereocenters. The zero-order valence-electron chi connectivity index (χ0n) is 18.8. The predicted molar refractivity (Wildman–Crippen MR) is 131 cm³/mol. The predicted octanol–water partition coefficient (Wildman–Crippen LogP) is 2.97. The Hall–Kier alpha value is -5.72. The van der Waals surface area contributed by atoms with Gasteiger partial charge in [-0.15, -0.1) is 5.10 Å². The van der Waals surface area contributed by atoms with Crippen molar-refractivity contribution in [1.29, 1.82) is 0 Å². The van der Waals surface area contributed by atoms with Crippen molar-refractivity contribution in [2.45, 2.75) is 0 Å². The third-order valence-corrected chi connectivity index (χ3v) is 5.84. The average Bonchev–Trinajstić information content (AvgIpc) is 3.62. The maximum atomic E-state index is 13.3. The molecule has 3 aromatic carbocycles. The third-order valence-electron chi connectivity index (χ3n) is 5.84. The van der Waals surface area contributed by atoms with Crippen LogP contribution in [-0.4, -0.2) is 41.8 Å². The first-order valence-electron chi connectivity index (χ1n) is 10.9. The summed E-state index contributed by atoms with van der Waals surface area (Å²) in [4.78, 5) is 24.2. The summed E-state index contributed by atoms with van der Waals surface area (Å²) in [5.41, 5.74) is 12.4. The van der Waals surface area contributed by atoms with E-state index in [9.17, 15) is 14.9 Å². The van der Waals surface area contributed by atoms with E-state index in [0.717, 1.165) is 16.7 Å². The number of aromatic nitrogens is 5. The van der Waals surface area contributed by atoms with Crippen molar-refractivity contribution in [3.63, 3.8) is 0 Å². The summed E-state index contributed by atoms with van der Waals surface area (Å²) >= 11 is 0. The summed E-state index contributed by atoms with van der Waals surface area (Å²) in [6, 6.07) is 20.9. The van der Waals surface area contributed by atoms with Crippen LogP contribution in [0.1, 0.15) is 21.6 Å². The van der Waals surface area contributed by atoms with Crippen molar-refractivity contribution in [3.05, 3.63) is 99.7 Å². The van der Waals surface area contributed by atoms with E-state index >= 15 is 0 Å². The quantitative estimate of drug-likeness (QED) is 0.269. The standard InChI is InChI=1S/C24H15N9O4/c25-22-23(30-37-29-22)32-21(13-6-2-1-3-7-13)20(27-31-32)24(34)28-26-19-17-9-5-4-8-15(17)16-11-10-14(33(35)36)12-18(16)19/h1-12H,(H2,25,29)(H,28,34). The number of anilines is 1. The van der Waals surface area contributed by atoms with Crippen molar-refractivity contribution in [2.75, 3.05) is 5.73 Å². The number of hydrazone groups is 1. The smallest absolute Gasteiger partial charge is 0.294 e. The van der Waals surface area contributed by atoms with Gasteiger partial charge in [-0.05, 0) is 27.5 Å². The Morgan fingerprint density at radius 1 is 0.973 bits per heavy atom. The lowest BCUT2D eigenvalue weighted by Gasteiger charge is -2.06. The minimum absolute atomic E-state index is 0.0324. The lowest BCUT2D eigenvalue weighted by molar-refractivity contribution is -0.384. The van der Waals surface area contributed by atoms with Crippen LogP contribution in [-0.2, 0) is 0 Å². The summed E-state index contributed by atoms with van der Waals surface area (Å²) in [6.45, 7) is 0. The fourth-order valence-electron chi connectivity index (χ4n) is 4.20. The molecule has 0 radical (unpaired) electrons. The monoisotopic (exact) mass is 493 g/mol. The van der Waals surface area contributed by atoms with E-state index in [0.29, 0.717) is 22.5 Å². The molecule has 1 amide bonds. The van der Waals surface area contributed by atoms with Crippen molar-refractivity contribution >= 4 is 23.1 Å². The van der Waals surface area contributed by atoms with Crippen LogP contribution in [0.15, 0.2) is 82.5 Å². The summed E-state index contributed by atoms with van der Waals surface area (Å²) in [5.74, 6) is -0.623. The molecule has 0 fully saturated rings. The maximum absolute atomic E-state index is 13.3. The van der Waals surface area contributed by atoms with E-state index in [-0.39, 0.29) is 23.0 Å². The number of benzene rings is 3. The molecule has 2 heterocycles. The molecular weight excluding hydrogens is 478 g/mol. The summed E-state index contributed by atoms with van der Waals surface area (Å²) in [5, 5.41) is 31.1. The molecule has 13 nitrogen and oxygen atoms in total. The molecule has 3 N–H and O–H groups in total. The lowest BCUT2D eigenvalue weighted by atomic mass is 10.1. The van der Waals surface area contributed by atoms with Crippen molar-refractivity contribution in [1.82, 2.24) is 30.7 Å². The van der Waals surface area contributed by atoms with E-state index in [1.165, 1.54) is 16.8 Å². The minimum Gasteiger partial charge on any atom is -0.378 e. The number of amides is 1. The van der Waals surface area contributed by atoms with Crippen molar-refractivity contribution in [3.8, 4) is 28.2 Å². The Bertz CT molecular complexity index is 1720. The topological polar surface area (TPSA) is 180 Å². The molecule has 0 saturated heterocycles. The molecule has 180 valence electrons. The molecule has 1 aliphatic rings. The van der Waals surface area contributed by atoms with Gasteiger partial charge in [-0.25, -0.2) is 10.1 Å². The third kappa shape index (κ3) is 3.58. The lowest BCUT2D eigenvalue weighted by Crippen LogP contribution is -2.21. The van der Waals surface area contributed by atoms with Gasteiger partial charge >= 0.3 is 0 Å². The highest BCUT2D eigenvalue weighted by Gasteiger charge is 2.29. The summed E-state index contributed by atoms with van der Waals surface area (Å²) in [7, 11) is 0. The van der Waals surface area contributed by atoms with E-state index in [1.807, 2.05) is 30.3 Å². The van der Waals surface area contributed by atoms with Crippen LogP contribution in [0.4, 0.5) is 11.5 Å². The second-order valence-corrected chi connectivity index (χ2v) is 7.97. The number of carbonyl (C=O) groups is 1. The fraction of sp³-hybridized carbons (Fsp3) is 0. The molecule has 0 unspecified atom stereocenters. The Balaban J connectivity index is 1.43. The number of nitrogen functional groups attached to an aromatic ring is 1. The number of hydrogen-bond acceptors (Lipinski definition) is 10. The van der Waals surface area contributed by atoms with Gasteiger partial charge < -0.3 is 5.73 Å². The number of fused-ring (bicyclic) bond motifs is 3. The van der Waals surface area contributed by atoms with Gasteiger partial charge in [0.1, 0.15) is 5.69 Å². The number of hydrogen-bond donors (Lipinski definition) is 2. The SMILES string of the molecule is Nc1nonc1-n1nnc(C(=O)NN=C2c3ccccc3-c3ccc([N+](=O)[O-])cc32)c1-c1ccccc1. The zero-order chi connectivity index (χ0) is 25.5. The number of nitrogens with zero attached hydrogens (tertiary/aromatic N) is 7. The Morgan fingerprint density at radius 3 is 2.43 bits per heavy atom. The molecule has 37 heavy (non-hydrogen) atoms. The number of nitro benzene ring substituents is 1. The van der Waals surface area contributed by atoms with Gasteiger partial charge in [-0.2, -0.15) is 9.78 Å². The van der Waals surface area contributed by atoms with E-state index in [2.05, 4.69) is 35.8 Å². The summed E-state index contributed by atoms with van der Waals surface area (Å²) in [6.07, 6.45) is 0. The normalized spacial score (nSPS) is 12.8. The van der Waals surface area contributed by atoms with Crippen LogP contribution in [0.5, 0.6) is 0 Å².